The second kappa shape index (κ2) is 6.13. The van der Waals surface area contributed by atoms with Crippen LogP contribution in [0.2, 0.25) is 0 Å². The van der Waals surface area contributed by atoms with Crippen LogP contribution < -0.4 is 5.32 Å². The van der Waals surface area contributed by atoms with Crippen LogP contribution >= 0.6 is 22.7 Å². The molecule has 0 aliphatic carbocycles. The molecule has 3 aromatic rings. The molecule has 1 aromatic carbocycles. The van der Waals surface area contributed by atoms with Crippen molar-refractivity contribution in [2.24, 2.45) is 0 Å². The Kier molecular flexibility index (Phi) is 4.18. The summed E-state index contributed by atoms with van der Waals surface area (Å²) >= 11 is 2.87. The minimum absolute atomic E-state index is 0.232. The number of aromatic nitrogens is 1. The maximum absolute atomic E-state index is 12.5. The number of nitrogens with zero attached hydrogens (tertiary/aromatic N) is 1. The first-order valence-electron chi connectivity index (χ1n) is 6.40. The Bertz CT molecular complexity index is 808. The number of alkyl halides is 3. The fourth-order valence-corrected chi connectivity index (χ4v) is 3.35. The zero-order valence-electron chi connectivity index (χ0n) is 11.4. The summed E-state index contributed by atoms with van der Waals surface area (Å²) in [4.78, 5) is 16.3. The van der Waals surface area contributed by atoms with E-state index in [1.54, 1.807) is 5.38 Å². The second-order valence-corrected chi connectivity index (χ2v) is 6.22. The zero-order chi connectivity index (χ0) is 16.4. The van der Waals surface area contributed by atoms with Crippen molar-refractivity contribution in [3.63, 3.8) is 0 Å². The number of benzene rings is 1. The predicted octanol–water partition coefficient (Wildman–Crippen LogP) is 5.14. The molecular weight excluding hydrogens is 345 g/mol. The van der Waals surface area contributed by atoms with Gasteiger partial charge in [-0.3, -0.25) is 4.79 Å². The van der Waals surface area contributed by atoms with Gasteiger partial charge in [0.05, 0.1) is 5.56 Å². The minimum Gasteiger partial charge on any atom is -0.321 e. The molecule has 2 heterocycles. The van der Waals surface area contributed by atoms with Gasteiger partial charge in [0.25, 0.3) is 5.91 Å². The number of anilines is 1. The molecule has 1 amide bonds. The van der Waals surface area contributed by atoms with Gasteiger partial charge in [-0.05, 0) is 35.7 Å². The van der Waals surface area contributed by atoms with Crippen LogP contribution in [0, 0.1) is 0 Å². The van der Waals surface area contributed by atoms with Gasteiger partial charge < -0.3 is 5.32 Å². The standard InChI is InChI=1S/C15H9F3N2OS2/c16-15(17,18)10-1-3-11(4-2-10)19-13(21)12-8-23-14(20-12)9-5-6-22-7-9/h1-8H,(H,19,21). The van der Waals surface area contributed by atoms with Crippen LogP contribution in [0.5, 0.6) is 0 Å². The maximum atomic E-state index is 12.5. The van der Waals surface area contributed by atoms with E-state index >= 15 is 0 Å². The van der Waals surface area contributed by atoms with Crippen LogP contribution in [0.15, 0.2) is 46.5 Å². The number of thiophene rings is 1. The van der Waals surface area contributed by atoms with Gasteiger partial charge in [0.1, 0.15) is 10.7 Å². The SMILES string of the molecule is O=C(Nc1ccc(C(F)(F)F)cc1)c1csc(-c2ccsc2)n1. The van der Waals surface area contributed by atoms with E-state index < -0.39 is 17.6 Å². The van der Waals surface area contributed by atoms with Crippen molar-refractivity contribution >= 4 is 34.3 Å². The predicted molar refractivity (Wildman–Crippen MR) is 84.8 cm³/mol. The number of amides is 1. The molecule has 8 heteroatoms. The Labute approximate surface area is 137 Å². The third-order valence-corrected chi connectivity index (χ3v) is 4.55. The van der Waals surface area contributed by atoms with Crippen LogP contribution in [0.1, 0.15) is 16.1 Å². The van der Waals surface area contributed by atoms with E-state index in [9.17, 15) is 18.0 Å². The molecule has 3 nitrogen and oxygen atoms in total. The molecule has 0 aliphatic heterocycles. The second-order valence-electron chi connectivity index (χ2n) is 4.58. The van der Waals surface area contributed by atoms with Gasteiger partial charge in [0.15, 0.2) is 0 Å². The third kappa shape index (κ3) is 3.59. The molecule has 0 spiro atoms. The summed E-state index contributed by atoms with van der Waals surface area (Å²) in [6.07, 6.45) is -4.40. The first-order valence-corrected chi connectivity index (χ1v) is 8.22. The maximum Gasteiger partial charge on any atom is 0.416 e. The van der Waals surface area contributed by atoms with Gasteiger partial charge in [0.2, 0.25) is 0 Å². The molecule has 0 bridgehead atoms. The number of rotatable bonds is 3. The van der Waals surface area contributed by atoms with E-state index in [-0.39, 0.29) is 11.4 Å². The normalized spacial score (nSPS) is 11.4. The molecule has 0 saturated heterocycles. The molecule has 118 valence electrons. The van der Waals surface area contributed by atoms with Gasteiger partial charge in [-0.1, -0.05) is 0 Å². The molecule has 0 radical (unpaired) electrons. The largest absolute Gasteiger partial charge is 0.416 e. The van der Waals surface area contributed by atoms with E-state index in [4.69, 9.17) is 0 Å². The van der Waals surface area contributed by atoms with E-state index in [1.165, 1.54) is 34.8 Å². The molecule has 0 saturated carbocycles. The minimum atomic E-state index is -4.40. The van der Waals surface area contributed by atoms with Gasteiger partial charge in [-0.2, -0.15) is 24.5 Å². The summed E-state index contributed by atoms with van der Waals surface area (Å²) in [6, 6.07) is 6.18. The summed E-state index contributed by atoms with van der Waals surface area (Å²) in [6.45, 7) is 0. The lowest BCUT2D eigenvalue weighted by molar-refractivity contribution is -0.137. The number of carbonyl (C=O) groups excluding carboxylic acids is 1. The molecule has 0 unspecified atom stereocenters. The van der Waals surface area contributed by atoms with Gasteiger partial charge >= 0.3 is 6.18 Å². The van der Waals surface area contributed by atoms with Crippen LogP contribution in [-0.2, 0) is 6.18 Å². The van der Waals surface area contributed by atoms with Crippen molar-refractivity contribution in [3.8, 4) is 10.6 Å². The van der Waals surface area contributed by atoms with Crippen molar-refractivity contribution in [3.05, 3.63) is 57.7 Å². The quantitative estimate of drug-likeness (QED) is 0.707. The van der Waals surface area contributed by atoms with E-state index in [0.717, 1.165) is 22.7 Å². The average Bonchev–Trinajstić information content (AvgIpc) is 3.18. The van der Waals surface area contributed by atoms with E-state index in [2.05, 4.69) is 10.3 Å². The number of thiazole rings is 1. The topological polar surface area (TPSA) is 42.0 Å². The number of halogens is 3. The zero-order valence-corrected chi connectivity index (χ0v) is 13.1. The van der Waals surface area contributed by atoms with Crippen LogP contribution in [0.3, 0.4) is 0 Å². The van der Waals surface area contributed by atoms with Crippen LogP contribution in [0.25, 0.3) is 10.6 Å². The Balaban J connectivity index is 1.72. The van der Waals surface area contributed by atoms with Crippen molar-refractivity contribution in [2.45, 2.75) is 6.18 Å². The van der Waals surface area contributed by atoms with E-state index in [0.29, 0.717) is 0 Å². The lowest BCUT2D eigenvalue weighted by Gasteiger charge is -2.08. The monoisotopic (exact) mass is 354 g/mol. The molecule has 0 fully saturated rings. The number of carbonyl (C=O) groups is 1. The third-order valence-electron chi connectivity index (χ3n) is 2.98. The summed E-state index contributed by atoms with van der Waals surface area (Å²) in [7, 11) is 0. The Morgan fingerprint density at radius 1 is 1.09 bits per heavy atom. The lowest BCUT2D eigenvalue weighted by Crippen LogP contribution is -2.12. The number of hydrogen-bond donors (Lipinski definition) is 1. The number of hydrogen-bond acceptors (Lipinski definition) is 4. The van der Waals surface area contributed by atoms with Gasteiger partial charge in [0, 0.05) is 22.0 Å². The highest BCUT2D eigenvalue weighted by molar-refractivity contribution is 7.14. The average molecular weight is 354 g/mol. The lowest BCUT2D eigenvalue weighted by atomic mass is 10.2. The smallest absolute Gasteiger partial charge is 0.321 e. The molecule has 23 heavy (non-hydrogen) atoms. The van der Waals surface area contributed by atoms with Crippen molar-refractivity contribution < 1.29 is 18.0 Å². The summed E-state index contributed by atoms with van der Waals surface area (Å²) in [5, 5.41) is 8.72. The van der Waals surface area contributed by atoms with Crippen LogP contribution in [-0.4, -0.2) is 10.9 Å². The van der Waals surface area contributed by atoms with Crippen molar-refractivity contribution in [1.82, 2.24) is 4.98 Å². The van der Waals surface area contributed by atoms with E-state index in [1.807, 2.05) is 16.8 Å². The fourth-order valence-electron chi connectivity index (χ4n) is 1.83. The van der Waals surface area contributed by atoms with Gasteiger partial charge in [-0.25, -0.2) is 4.98 Å². The Hall–Kier alpha value is -2.19. The van der Waals surface area contributed by atoms with Crippen molar-refractivity contribution in [1.29, 1.82) is 0 Å². The Morgan fingerprint density at radius 2 is 1.83 bits per heavy atom. The van der Waals surface area contributed by atoms with Gasteiger partial charge in [-0.15, -0.1) is 11.3 Å². The first-order chi connectivity index (χ1) is 10.9. The molecular formula is C15H9F3N2OS2. The van der Waals surface area contributed by atoms with Crippen LogP contribution in [0.4, 0.5) is 18.9 Å². The molecule has 3 rings (SSSR count). The summed E-state index contributed by atoms with van der Waals surface area (Å²) in [5.74, 6) is -0.456. The molecule has 0 aliphatic rings. The highest BCUT2D eigenvalue weighted by atomic mass is 32.1. The Morgan fingerprint density at radius 3 is 2.43 bits per heavy atom. The number of nitrogens with one attached hydrogen (secondary N) is 1. The molecule has 1 N–H and O–H groups in total. The summed E-state index contributed by atoms with van der Waals surface area (Å²) in [5.41, 5.74) is 0.696. The summed E-state index contributed by atoms with van der Waals surface area (Å²) < 4.78 is 37.5. The van der Waals surface area contributed by atoms with Crippen molar-refractivity contribution in [2.75, 3.05) is 5.32 Å². The molecule has 0 atom stereocenters. The fraction of sp³-hybridized carbons (Fsp3) is 0.0667. The molecule has 2 aromatic heterocycles. The first kappa shape index (κ1) is 15.7. The highest BCUT2D eigenvalue weighted by Crippen LogP contribution is 2.30. The highest BCUT2D eigenvalue weighted by Gasteiger charge is 2.30.